The number of hydrogen-bond donors (Lipinski definition) is 1. The van der Waals surface area contributed by atoms with Gasteiger partial charge in [0.15, 0.2) is 17.3 Å². The van der Waals surface area contributed by atoms with Gasteiger partial charge in [-0.05, 0) is 65.1 Å². The van der Waals surface area contributed by atoms with Crippen molar-refractivity contribution in [3.8, 4) is 11.5 Å². The highest BCUT2D eigenvalue weighted by atomic mass is 79.9. The summed E-state index contributed by atoms with van der Waals surface area (Å²) in [6.45, 7) is 2.70. The third-order valence-electron chi connectivity index (χ3n) is 3.64. The molecule has 6 nitrogen and oxygen atoms in total. The van der Waals surface area contributed by atoms with Gasteiger partial charge in [-0.1, -0.05) is 6.92 Å². The second kappa shape index (κ2) is 7.48. The minimum absolute atomic E-state index is 0.459. The van der Waals surface area contributed by atoms with Crippen LogP contribution in [-0.2, 0) is 0 Å². The third kappa shape index (κ3) is 3.70. The molecule has 0 saturated heterocycles. The molecule has 3 rings (SSSR count). The predicted molar refractivity (Wildman–Crippen MR) is 98.9 cm³/mol. The highest BCUT2D eigenvalue weighted by Crippen LogP contribution is 2.39. The van der Waals surface area contributed by atoms with Gasteiger partial charge in [0, 0.05) is 5.92 Å². The van der Waals surface area contributed by atoms with Crippen molar-refractivity contribution in [2.75, 3.05) is 13.7 Å². The number of nitrogens with zero attached hydrogens (tertiary/aromatic N) is 3. The van der Waals surface area contributed by atoms with Crippen molar-refractivity contribution in [2.45, 2.75) is 32.1 Å². The van der Waals surface area contributed by atoms with E-state index >= 15 is 0 Å². The first-order valence-corrected chi connectivity index (χ1v) is 9.06. The Morgan fingerprint density at radius 1 is 1.50 bits per heavy atom. The van der Waals surface area contributed by atoms with E-state index in [1.54, 1.807) is 18.0 Å². The summed E-state index contributed by atoms with van der Waals surface area (Å²) in [5.41, 5.74) is 0.882. The van der Waals surface area contributed by atoms with E-state index < -0.39 is 0 Å². The Balaban J connectivity index is 1.89. The number of methoxy groups -OCH3 is 1. The zero-order valence-electron chi connectivity index (χ0n) is 13.6. The first-order valence-electron chi connectivity index (χ1n) is 7.86. The number of nitrogens with one attached hydrogen (secondary N) is 1. The molecule has 1 aromatic heterocycles. The average Bonchev–Trinajstić information content (AvgIpc) is 3.35. The van der Waals surface area contributed by atoms with Gasteiger partial charge < -0.3 is 9.47 Å². The number of aromatic amines is 1. The molecule has 0 aliphatic heterocycles. The zero-order chi connectivity index (χ0) is 17.1. The van der Waals surface area contributed by atoms with E-state index in [1.807, 2.05) is 12.1 Å². The summed E-state index contributed by atoms with van der Waals surface area (Å²) in [7, 11) is 1.62. The van der Waals surface area contributed by atoms with Crippen molar-refractivity contribution in [2.24, 2.45) is 5.10 Å². The maximum atomic E-state index is 5.74. The van der Waals surface area contributed by atoms with E-state index in [4.69, 9.17) is 21.7 Å². The molecule has 2 aromatic rings. The highest BCUT2D eigenvalue weighted by molar-refractivity contribution is 9.10. The number of benzene rings is 1. The smallest absolute Gasteiger partial charge is 0.216 e. The lowest BCUT2D eigenvalue weighted by Crippen LogP contribution is -2.00. The van der Waals surface area contributed by atoms with Gasteiger partial charge in [-0.2, -0.15) is 14.9 Å². The fourth-order valence-corrected chi connectivity index (χ4v) is 3.06. The van der Waals surface area contributed by atoms with Crippen LogP contribution in [0, 0.1) is 4.77 Å². The number of rotatable bonds is 7. The van der Waals surface area contributed by atoms with Crippen LogP contribution in [0.4, 0.5) is 0 Å². The van der Waals surface area contributed by atoms with Gasteiger partial charge >= 0.3 is 0 Å². The fraction of sp³-hybridized carbons (Fsp3) is 0.438. The van der Waals surface area contributed by atoms with Gasteiger partial charge in [0.25, 0.3) is 0 Å². The second-order valence-corrected chi connectivity index (χ2v) is 6.84. The lowest BCUT2D eigenvalue weighted by Gasteiger charge is -2.12. The average molecular weight is 411 g/mol. The van der Waals surface area contributed by atoms with Crippen LogP contribution >= 0.6 is 28.1 Å². The molecule has 0 spiro atoms. The summed E-state index contributed by atoms with van der Waals surface area (Å²) in [6, 6.07) is 3.83. The number of aromatic nitrogens is 3. The standard InChI is InChI=1S/C16H19BrN4O2S/c1-3-6-23-14-12(17)7-10(8-13(14)22-2)9-18-21-15(11-4-5-11)19-20-16(21)24/h7-9,11H,3-6H2,1-2H3,(H,20,24)/b18-9-. The second-order valence-electron chi connectivity index (χ2n) is 5.60. The molecule has 1 aliphatic carbocycles. The van der Waals surface area contributed by atoms with Gasteiger partial charge in [-0.3, -0.25) is 5.10 Å². The van der Waals surface area contributed by atoms with Gasteiger partial charge in [-0.15, -0.1) is 0 Å². The molecule has 8 heteroatoms. The van der Waals surface area contributed by atoms with Gasteiger partial charge in [0.1, 0.15) is 0 Å². The molecule has 1 N–H and O–H groups in total. The molecule has 0 amide bonds. The van der Waals surface area contributed by atoms with Gasteiger partial charge in [0.05, 0.1) is 24.4 Å². The Morgan fingerprint density at radius 2 is 2.29 bits per heavy atom. The van der Waals surface area contributed by atoms with E-state index in [2.05, 4.69) is 38.2 Å². The van der Waals surface area contributed by atoms with E-state index in [0.29, 0.717) is 28.8 Å². The Bertz CT molecular complexity index is 811. The quantitative estimate of drug-likeness (QED) is 0.546. The molecule has 0 unspecified atom stereocenters. The van der Waals surface area contributed by atoms with E-state index in [-0.39, 0.29) is 0 Å². The molecule has 0 atom stereocenters. The Morgan fingerprint density at radius 3 is 2.96 bits per heavy atom. The molecule has 0 bridgehead atoms. The molecule has 128 valence electrons. The molecule has 1 aromatic carbocycles. The van der Waals surface area contributed by atoms with Crippen molar-refractivity contribution < 1.29 is 9.47 Å². The maximum Gasteiger partial charge on any atom is 0.216 e. The van der Waals surface area contributed by atoms with Crippen LogP contribution < -0.4 is 9.47 Å². The van der Waals surface area contributed by atoms with Gasteiger partial charge in [0.2, 0.25) is 4.77 Å². The summed E-state index contributed by atoms with van der Waals surface area (Å²) in [5, 5.41) is 11.6. The molecule has 0 radical (unpaired) electrons. The Hall–Kier alpha value is -1.67. The number of ether oxygens (including phenoxy) is 2. The number of halogens is 1. The van der Waals surface area contributed by atoms with Crippen LogP contribution in [0.25, 0.3) is 0 Å². The SMILES string of the molecule is CCCOc1c(Br)cc(/C=N\n2c(C3CC3)n[nH]c2=S)cc1OC. The molecule has 1 aliphatic rings. The van der Waals surface area contributed by atoms with Crippen LogP contribution in [-0.4, -0.2) is 34.8 Å². The lowest BCUT2D eigenvalue weighted by molar-refractivity contribution is 0.292. The minimum Gasteiger partial charge on any atom is -0.493 e. The van der Waals surface area contributed by atoms with Crippen molar-refractivity contribution in [1.29, 1.82) is 0 Å². The third-order valence-corrected chi connectivity index (χ3v) is 4.50. The van der Waals surface area contributed by atoms with Crippen molar-refractivity contribution in [3.05, 3.63) is 32.8 Å². The monoisotopic (exact) mass is 410 g/mol. The summed E-state index contributed by atoms with van der Waals surface area (Å²) >= 11 is 8.79. The fourth-order valence-electron chi connectivity index (χ4n) is 2.30. The summed E-state index contributed by atoms with van der Waals surface area (Å²) in [4.78, 5) is 0. The van der Waals surface area contributed by atoms with Gasteiger partial charge in [-0.25, -0.2) is 0 Å². The Kier molecular flexibility index (Phi) is 5.35. The number of hydrogen-bond acceptors (Lipinski definition) is 5. The molecular formula is C16H19BrN4O2S. The largest absolute Gasteiger partial charge is 0.493 e. The highest BCUT2D eigenvalue weighted by Gasteiger charge is 2.29. The molecule has 1 fully saturated rings. The van der Waals surface area contributed by atoms with E-state index in [0.717, 1.165) is 35.1 Å². The molecule has 1 heterocycles. The summed E-state index contributed by atoms with van der Waals surface area (Å²) < 4.78 is 14.2. The van der Waals surface area contributed by atoms with Crippen LogP contribution in [0.3, 0.4) is 0 Å². The van der Waals surface area contributed by atoms with Crippen molar-refractivity contribution >= 4 is 34.4 Å². The summed E-state index contributed by atoms with van der Waals surface area (Å²) in [5.74, 6) is 2.72. The van der Waals surface area contributed by atoms with E-state index in [1.165, 1.54) is 0 Å². The van der Waals surface area contributed by atoms with Crippen LogP contribution in [0.5, 0.6) is 11.5 Å². The van der Waals surface area contributed by atoms with Crippen LogP contribution in [0.2, 0.25) is 0 Å². The zero-order valence-corrected chi connectivity index (χ0v) is 16.0. The number of H-pyrrole nitrogens is 1. The first kappa shape index (κ1) is 17.2. The topological polar surface area (TPSA) is 64.4 Å². The van der Waals surface area contributed by atoms with Crippen molar-refractivity contribution in [3.63, 3.8) is 0 Å². The van der Waals surface area contributed by atoms with Crippen LogP contribution in [0.1, 0.15) is 43.5 Å². The normalized spacial score (nSPS) is 14.3. The molecular weight excluding hydrogens is 392 g/mol. The van der Waals surface area contributed by atoms with Crippen LogP contribution in [0.15, 0.2) is 21.7 Å². The molecule has 1 saturated carbocycles. The van der Waals surface area contributed by atoms with Crippen molar-refractivity contribution in [1.82, 2.24) is 14.9 Å². The summed E-state index contributed by atoms with van der Waals surface area (Å²) in [6.07, 6.45) is 4.95. The maximum absolute atomic E-state index is 5.74. The lowest BCUT2D eigenvalue weighted by atomic mass is 10.2. The first-order chi connectivity index (χ1) is 11.6. The molecule has 24 heavy (non-hydrogen) atoms. The van der Waals surface area contributed by atoms with E-state index in [9.17, 15) is 0 Å². The Labute approximate surface area is 154 Å². The minimum atomic E-state index is 0.459. The predicted octanol–water partition coefficient (Wildman–Crippen LogP) is 4.26.